The summed E-state index contributed by atoms with van der Waals surface area (Å²) in [5.74, 6) is -0.0445. The molecule has 8 heteroatoms. The highest BCUT2D eigenvalue weighted by Gasteiger charge is 2.04. The first-order valence-corrected chi connectivity index (χ1v) is 7.00. The van der Waals surface area contributed by atoms with Gasteiger partial charge in [0.2, 0.25) is 0 Å². The average Bonchev–Trinajstić information content (AvgIpc) is 2.24. The number of rotatable bonds is 6. The molecule has 0 bridgehead atoms. The van der Waals surface area contributed by atoms with Crippen LogP contribution >= 0.6 is 0 Å². The highest BCUT2D eigenvalue weighted by Crippen LogP contribution is 2.01. The Labute approximate surface area is 99.3 Å². The number of carbonyl (C=O) groups is 1. The largest absolute Gasteiger partial charge is 0.369 e. The molecule has 0 fully saturated rings. The van der Waals surface area contributed by atoms with Crippen LogP contribution < -0.4 is 11.1 Å². The van der Waals surface area contributed by atoms with Crippen LogP contribution in [0.1, 0.15) is 16.9 Å². The van der Waals surface area contributed by atoms with Crippen molar-refractivity contribution in [2.45, 2.75) is 6.42 Å². The summed E-state index contributed by atoms with van der Waals surface area (Å²) >= 11 is 0. The normalized spacial score (nSPS) is 11.1. The average molecular weight is 258 g/mol. The summed E-state index contributed by atoms with van der Waals surface area (Å²) in [6, 6.07) is 3.02. The summed E-state index contributed by atoms with van der Waals surface area (Å²) in [6.07, 6.45) is 1.67. The predicted molar refractivity (Wildman–Crippen MR) is 63.4 cm³/mol. The van der Waals surface area contributed by atoms with Crippen LogP contribution in [0.5, 0.6) is 0 Å². The van der Waals surface area contributed by atoms with Crippen LogP contribution in [-0.2, 0) is 9.84 Å². The Bertz CT molecular complexity index is 483. The number of carbonyl (C=O) groups excluding carboxylic acids is 1. The van der Waals surface area contributed by atoms with E-state index in [4.69, 9.17) is 5.73 Å². The Balaban J connectivity index is 2.40. The lowest BCUT2D eigenvalue weighted by molar-refractivity contribution is 0.0994. The minimum absolute atomic E-state index is 0.0895. The summed E-state index contributed by atoms with van der Waals surface area (Å²) in [4.78, 5) is 10.7. The second-order valence-electron chi connectivity index (χ2n) is 3.58. The van der Waals surface area contributed by atoms with Gasteiger partial charge in [0.25, 0.3) is 5.91 Å². The fourth-order valence-corrected chi connectivity index (χ4v) is 1.78. The first-order chi connectivity index (χ1) is 7.88. The quantitative estimate of drug-likeness (QED) is 0.660. The molecular weight excluding hydrogens is 244 g/mol. The number of nitrogens with two attached hydrogens (primary N) is 1. The zero-order valence-electron chi connectivity index (χ0n) is 9.38. The Morgan fingerprint density at radius 1 is 1.41 bits per heavy atom. The van der Waals surface area contributed by atoms with Crippen molar-refractivity contribution < 1.29 is 13.2 Å². The number of hydrogen-bond donors (Lipinski definition) is 2. The van der Waals surface area contributed by atoms with Crippen molar-refractivity contribution in [1.29, 1.82) is 0 Å². The molecule has 1 rings (SSSR count). The van der Waals surface area contributed by atoms with E-state index in [1.807, 2.05) is 0 Å². The number of hydrogen-bond acceptors (Lipinski definition) is 6. The molecule has 1 aromatic heterocycles. The topological polar surface area (TPSA) is 115 Å². The molecular formula is C9H14N4O3S. The number of amides is 1. The summed E-state index contributed by atoms with van der Waals surface area (Å²) in [5, 5.41) is 10.2. The van der Waals surface area contributed by atoms with Gasteiger partial charge in [-0.3, -0.25) is 4.79 Å². The minimum Gasteiger partial charge on any atom is -0.369 e. The molecule has 94 valence electrons. The van der Waals surface area contributed by atoms with E-state index in [9.17, 15) is 13.2 Å². The number of sulfone groups is 1. The fraction of sp³-hybridized carbons (Fsp3) is 0.444. The lowest BCUT2D eigenvalue weighted by Crippen LogP contribution is -2.15. The van der Waals surface area contributed by atoms with E-state index in [1.54, 1.807) is 6.07 Å². The summed E-state index contributed by atoms with van der Waals surface area (Å²) in [5.41, 5.74) is 5.09. The summed E-state index contributed by atoms with van der Waals surface area (Å²) in [7, 11) is -2.93. The van der Waals surface area contributed by atoms with Gasteiger partial charge in [-0.1, -0.05) is 0 Å². The number of aromatic nitrogens is 2. The van der Waals surface area contributed by atoms with Crippen LogP contribution in [0.4, 0.5) is 5.82 Å². The van der Waals surface area contributed by atoms with Gasteiger partial charge in [-0.25, -0.2) is 8.42 Å². The van der Waals surface area contributed by atoms with Crippen molar-refractivity contribution in [1.82, 2.24) is 10.2 Å². The molecule has 3 N–H and O–H groups in total. The first kappa shape index (κ1) is 13.4. The van der Waals surface area contributed by atoms with Crippen molar-refractivity contribution in [2.75, 3.05) is 23.9 Å². The maximum atomic E-state index is 10.9. The molecule has 0 aromatic carbocycles. The lowest BCUT2D eigenvalue weighted by atomic mass is 10.3. The van der Waals surface area contributed by atoms with Gasteiger partial charge in [0, 0.05) is 12.8 Å². The molecule has 0 aliphatic carbocycles. The lowest BCUT2D eigenvalue weighted by Gasteiger charge is -2.04. The molecule has 1 heterocycles. The van der Waals surface area contributed by atoms with Crippen molar-refractivity contribution in [2.24, 2.45) is 5.73 Å². The molecule has 0 saturated heterocycles. The van der Waals surface area contributed by atoms with Gasteiger partial charge in [-0.05, 0) is 18.6 Å². The molecule has 0 aliphatic heterocycles. The second kappa shape index (κ2) is 5.58. The maximum absolute atomic E-state index is 10.9. The van der Waals surface area contributed by atoms with Crippen LogP contribution in [0.15, 0.2) is 12.1 Å². The molecule has 7 nitrogen and oxygen atoms in total. The minimum atomic E-state index is -2.93. The third kappa shape index (κ3) is 5.25. The van der Waals surface area contributed by atoms with E-state index in [0.29, 0.717) is 18.8 Å². The van der Waals surface area contributed by atoms with Crippen molar-refractivity contribution >= 4 is 21.6 Å². The van der Waals surface area contributed by atoms with Gasteiger partial charge in [-0.15, -0.1) is 10.2 Å². The van der Waals surface area contributed by atoms with Crippen molar-refractivity contribution in [3.8, 4) is 0 Å². The highest BCUT2D eigenvalue weighted by atomic mass is 32.2. The first-order valence-electron chi connectivity index (χ1n) is 4.93. The fourth-order valence-electron chi connectivity index (χ4n) is 1.11. The molecule has 0 radical (unpaired) electrons. The SMILES string of the molecule is CS(=O)(=O)CCCNc1ccc(C(N)=O)nn1. The van der Waals surface area contributed by atoms with Crippen LogP contribution in [0.25, 0.3) is 0 Å². The Hall–Kier alpha value is -1.70. The molecule has 0 aliphatic rings. The van der Waals surface area contributed by atoms with Gasteiger partial charge in [0.15, 0.2) is 5.69 Å². The number of anilines is 1. The second-order valence-corrected chi connectivity index (χ2v) is 5.84. The molecule has 17 heavy (non-hydrogen) atoms. The molecule has 1 amide bonds. The zero-order chi connectivity index (χ0) is 12.9. The van der Waals surface area contributed by atoms with E-state index in [0.717, 1.165) is 0 Å². The monoisotopic (exact) mass is 258 g/mol. The van der Waals surface area contributed by atoms with Crippen LogP contribution in [0.3, 0.4) is 0 Å². The van der Waals surface area contributed by atoms with E-state index >= 15 is 0 Å². The van der Waals surface area contributed by atoms with Crippen LogP contribution in [0.2, 0.25) is 0 Å². The van der Waals surface area contributed by atoms with Gasteiger partial charge in [-0.2, -0.15) is 0 Å². The number of primary amides is 1. The van der Waals surface area contributed by atoms with Gasteiger partial charge in [0.05, 0.1) is 5.75 Å². The van der Waals surface area contributed by atoms with E-state index in [2.05, 4.69) is 15.5 Å². The van der Waals surface area contributed by atoms with E-state index in [-0.39, 0.29) is 11.4 Å². The van der Waals surface area contributed by atoms with Crippen molar-refractivity contribution in [3.05, 3.63) is 17.8 Å². The summed E-state index contributed by atoms with van der Waals surface area (Å²) in [6.45, 7) is 0.470. The highest BCUT2D eigenvalue weighted by molar-refractivity contribution is 7.90. The third-order valence-electron chi connectivity index (χ3n) is 1.92. The number of nitrogens with zero attached hydrogens (tertiary/aromatic N) is 2. The molecule has 0 atom stereocenters. The summed E-state index contributed by atoms with van der Waals surface area (Å²) < 4.78 is 21.7. The molecule has 0 saturated carbocycles. The van der Waals surface area contributed by atoms with Crippen molar-refractivity contribution in [3.63, 3.8) is 0 Å². The Kier molecular flexibility index (Phi) is 4.38. The van der Waals surface area contributed by atoms with Crippen LogP contribution in [-0.4, -0.2) is 43.1 Å². The van der Waals surface area contributed by atoms with Crippen LogP contribution in [0, 0.1) is 0 Å². The zero-order valence-corrected chi connectivity index (χ0v) is 10.2. The smallest absolute Gasteiger partial charge is 0.269 e. The van der Waals surface area contributed by atoms with Gasteiger partial charge >= 0.3 is 0 Å². The van der Waals surface area contributed by atoms with E-state index < -0.39 is 15.7 Å². The molecule has 0 unspecified atom stereocenters. The van der Waals surface area contributed by atoms with Gasteiger partial charge < -0.3 is 11.1 Å². The molecule has 0 spiro atoms. The standard InChI is InChI=1S/C9H14N4O3S/c1-17(15,16)6-2-5-11-8-4-3-7(9(10)14)12-13-8/h3-4H,2,5-6H2,1H3,(H2,10,14)(H,11,13). The Morgan fingerprint density at radius 2 is 2.12 bits per heavy atom. The number of nitrogens with one attached hydrogen (secondary N) is 1. The maximum Gasteiger partial charge on any atom is 0.269 e. The molecule has 1 aromatic rings. The van der Waals surface area contributed by atoms with Gasteiger partial charge in [0.1, 0.15) is 15.7 Å². The predicted octanol–water partition coefficient (Wildman–Crippen LogP) is -0.578. The Morgan fingerprint density at radius 3 is 2.59 bits per heavy atom. The third-order valence-corrected chi connectivity index (χ3v) is 2.95. The van der Waals surface area contributed by atoms with E-state index in [1.165, 1.54) is 12.3 Å².